The van der Waals surface area contributed by atoms with Crippen molar-refractivity contribution in [2.75, 3.05) is 12.4 Å². The zero-order valence-corrected chi connectivity index (χ0v) is 13.9. The van der Waals surface area contributed by atoms with Crippen LogP contribution in [0.5, 0.6) is 5.75 Å². The van der Waals surface area contributed by atoms with E-state index in [9.17, 15) is 22.8 Å². The molecule has 0 unspecified atom stereocenters. The summed E-state index contributed by atoms with van der Waals surface area (Å²) < 4.78 is 41.6. The molecule has 0 spiro atoms. The first-order valence-electron chi connectivity index (χ1n) is 7.64. The molecule has 2 amide bonds. The number of methoxy groups -OCH3 is 1. The number of alkyl halides is 3. The van der Waals surface area contributed by atoms with Gasteiger partial charge in [-0.3, -0.25) is 9.59 Å². The molecule has 0 atom stereocenters. The average Bonchev–Trinajstić information content (AvgIpc) is 2.59. The maximum atomic E-state index is 12.2. The number of carbonyl (C=O) groups excluding carboxylic acids is 2. The van der Waals surface area contributed by atoms with Crippen LogP contribution in [0, 0.1) is 0 Å². The molecule has 0 bridgehead atoms. The Morgan fingerprint density at radius 3 is 2.35 bits per heavy atom. The molecule has 0 aliphatic carbocycles. The Kier molecular flexibility index (Phi) is 6.21. The third-order valence-corrected chi connectivity index (χ3v) is 3.45. The summed E-state index contributed by atoms with van der Waals surface area (Å²) in [5, 5.41) is 4.45. The van der Waals surface area contributed by atoms with Crippen molar-refractivity contribution in [3.63, 3.8) is 0 Å². The second-order valence-electron chi connectivity index (χ2n) is 5.45. The lowest BCUT2D eigenvalue weighted by Gasteiger charge is -2.10. The Bertz CT molecular complexity index is 774. The molecular weight excluding hydrogens is 349 g/mol. The number of hydrogen-bond donors (Lipinski definition) is 2. The van der Waals surface area contributed by atoms with E-state index in [2.05, 4.69) is 5.32 Å². The number of amides is 2. The maximum Gasteiger partial charge on any atom is 0.471 e. The van der Waals surface area contributed by atoms with Crippen molar-refractivity contribution < 1.29 is 27.5 Å². The molecule has 0 radical (unpaired) electrons. The van der Waals surface area contributed by atoms with Crippen molar-refractivity contribution in [1.29, 1.82) is 0 Å². The van der Waals surface area contributed by atoms with Gasteiger partial charge < -0.3 is 15.4 Å². The van der Waals surface area contributed by atoms with Crippen molar-refractivity contribution in [2.45, 2.75) is 19.1 Å². The summed E-state index contributed by atoms with van der Waals surface area (Å²) in [6.07, 6.45) is -4.79. The fourth-order valence-corrected chi connectivity index (χ4v) is 2.18. The smallest absolute Gasteiger partial charge is 0.471 e. The van der Waals surface area contributed by atoms with Crippen LogP contribution in [0.4, 0.5) is 18.9 Å². The number of hydrogen-bond acceptors (Lipinski definition) is 3. The van der Waals surface area contributed by atoms with Gasteiger partial charge in [-0.15, -0.1) is 0 Å². The van der Waals surface area contributed by atoms with Crippen LogP contribution in [-0.4, -0.2) is 25.1 Å². The van der Waals surface area contributed by atoms with Gasteiger partial charge in [-0.2, -0.15) is 13.2 Å². The zero-order valence-electron chi connectivity index (χ0n) is 13.9. The highest BCUT2D eigenvalue weighted by Crippen LogP contribution is 2.16. The summed E-state index contributed by atoms with van der Waals surface area (Å²) in [7, 11) is 1.55. The molecule has 0 aromatic heterocycles. The van der Waals surface area contributed by atoms with Gasteiger partial charge in [0.2, 0.25) is 5.91 Å². The second-order valence-corrected chi connectivity index (χ2v) is 5.45. The molecule has 2 aromatic rings. The fourth-order valence-electron chi connectivity index (χ4n) is 2.18. The molecule has 0 fully saturated rings. The zero-order chi connectivity index (χ0) is 19.2. The van der Waals surface area contributed by atoms with Crippen molar-refractivity contribution in [3.05, 3.63) is 59.7 Å². The summed E-state index contributed by atoms with van der Waals surface area (Å²) in [5.74, 6) is -1.60. The van der Waals surface area contributed by atoms with Crippen LogP contribution in [0.1, 0.15) is 11.1 Å². The normalized spacial score (nSPS) is 10.9. The minimum atomic E-state index is -4.93. The first kappa shape index (κ1) is 19.3. The molecule has 2 N–H and O–H groups in total. The molecule has 8 heteroatoms. The quantitative estimate of drug-likeness (QED) is 0.826. The fraction of sp³-hybridized carbons (Fsp3) is 0.222. The standard InChI is InChI=1S/C18H17F3N2O3/c1-26-15-7-5-12(6-8-15)10-16(24)23-14-4-2-3-13(9-14)11-22-17(25)18(19,20)21/h2-9H,10-11H2,1H3,(H,22,25)(H,23,24). The molecule has 26 heavy (non-hydrogen) atoms. The summed E-state index contributed by atoms with van der Waals surface area (Å²) in [5.41, 5.74) is 1.66. The van der Waals surface area contributed by atoms with E-state index in [1.165, 1.54) is 6.07 Å². The first-order chi connectivity index (χ1) is 12.3. The highest BCUT2D eigenvalue weighted by molar-refractivity contribution is 5.92. The highest BCUT2D eigenvalue weighted by atomic mass is 19.4. The maximum absolute atomic E-state index is 12.2. The van der Waals surface area contributed by atoms with E-state index in [4.69, 9.17) is 4.74 Å². The average molecular weight is 366 g/mol. The van der Waals surface area contributed by atoms with E-state index in [0.29, 0.717) is 17.0 Å². The number of nitrogens with one attached hydrogen (secondary N) is 2. The van der Waals surface area contributed by atoms with Crippen LogP contribution >= 0.6 is 0 Å². The molecule has 0 aliphatic rings. The van der Waals surface area contributed by atoms with Gasteiger partial charge in [-0.25, -0.2) is 0 Å². The predicted molar refractivity (Wildman–Crippen MR) is 89.7 cm³/mol. The SMILES string of the molecule is COc1ccc(CC(=O)Nc2cccc(CNC(=O)C(F)(F)F)c2)cc1. The largest absolute Gasteiger partial charge is 0.497 e. The number of halogens is 3. The Morgan fingerprint density at radius 1 is 1.04 bits per heavy atom. The topological polar surface area (TPSA) is 67.4 Å². The molecule has 2 aromatic carbocycles. The van der Waals surface area contributed by atoms with E-state index in [1.54, 1.807) is 54.9 Å². The summed E-state index contributed by atoms with van der Waals surface area (Å²) >= 11 is 0. The van der Waals surface area contributed by atoms with Crippen LogP contribution in [0.15, 0.2) is 48.5 Å². The van der Waals surface area contributed by atoms with Gasteiger partial charge in [0, 0.05) is 12.2 Å². The van der Waals surface area contributed by atoms with Crippen molar-refractivity contribution in [3.8, 4) is 5.75 Å². The molecular formula is C18H17F3N2O3. The van der Waals surface area contributed by atoms with Crippen LogP contribution < -0.4 is 15.4 Å². The van der Waals surface area contributed by atoms with Gasteiger partial charge in [0.05, 0.1) is 13.5 Å². The Balaban J connectivity index is 1.92. The summed E-state index contributed by atoms with van der Waals surface area (Å²) in [6.45, 7) is -0.291. The first-order valence-corrected chi connectivity index (χ1v) is 7.64. The van der Waals surface area contributed by atoms with Gasteiger partial charge >= 0.3 is 12.1 Å². The van der Waals surface area contributed by atoms with E-state index in [-0.39, 0.29) is 18.9 Å². The Hall–Kier alpha value is -3.03. The molecule has 0 saturated heterocycles. The van der Waals surface area contributed by atoms with E-state index >= 15 is 0 Å². The van der Waals surface area contributed by atoms with Crippen molar-refractivity contribution in [1.82, 2.24) is 5.32 Å². The van der Waals surface area contributed by atoms with Crippen molar-refractivity contribution >= 4 is 17.5 Å². The van der Waals surface area contributed by atoms with E-state index in [1.807, 2.05) is 0 Å². The van der Waals surface area contributed by atoms with Crippen molar-refractivity contribution in [2.24, 2.45) is 0 Å². The molecule has 0 saturated carbocycles. The summed E-state index contributed by atoms with van der Waals surface area (Å²) in [6, 6.07) is 13.3. The third kappa shape index (κ3) is 5.80. The lowest BCUT2D eigenvalue weighted by Crippen LogP contribution is -2.36. The minimum Gasteiger partial charge on any atom is -0.497 e. The van der Waals surface area contributed by atoms with Crippen LogP contribution in [0.25, 0.3) is 0 Å². The predicted octanol–water partition coefficient (Wildman–Crippen LogP) is 3.05. The van der Waals surface area contributed by atoms with E-state index < -0.39 is 12.1 Å². The number of anilines is 1. The summed E-state index contributed by atoms with van der Waals surface area (Å²) in [4.78, 5) is 22.9. The number of ether oxygens (including phenoxy) is 1. The lowest BCUT2D eigenvalue weighted by molar-refractivity contribution is -0.173. The van der Waals surface area contributed by atoms with Crippen LogP contribution in [-0.2, 0) is 22.6 Å². The second kappa shape index (κ2) is 8.37. The number of rotatable bonds is 6. The number of benzene rings is 2. The molecule has 2 rings (SSSR count). The highest BCUT2D eigenvalue weighted by Gasteiger charge is 2.38. The molecule has 0 aliphatic heterocycles. The van der Waals surface area contributed by atoms with Gasteiger partial charge in [-0.1, -0.05) is 24.3 Å². The molecule has 138 valence electrons. The van der Waals surface area contributed by atoms with Gasteiger partial charge in [0.15, 0.2) is 0 Å². The van der Waals surface area contributed by atoms with Gasteiger partial charge in [0.1, 0.15) is 5.75 Å². The van der Waals surface area contributed by atoms with Gasteiger partial charge in [0.25, 0.3) is 0 Å². The van der Waals surface area contributed by atoms with E-state index in [0.717, 1.165) is 5.56 Å². The molecule has 0 heterocycles. The minimum absolute atomic E-state index is 0.138. The number of carbonyl (C=O) groups is 2. The van der Waals surface area contributed by atoms with Crippen LogP contribution in [0.2, 0.25) is 0 Å². The van der Waals surface area contributed by atoms with Gasteiger partial charge in [-0.05, 0) is 35.4 Å². The third-order valence-electron chi connectivity index (χ3n) is 3.45. The Morgan fingerprint density at radius 2 is 1.73 bits per heavy atom. The monoisotopic (exact) mass is 366 g/mol. The lowest BCUT2D eigenvalue weighted by atomic mass is 10.1. The molecule has 5 nitrogen and oxygen atoms in total. The Labute approximate surface area is 148 Å². The van der Waals surface area contributed by atoms with Crippen LogP contribution in [0.3, 0.4) is 0 Å².